The predicted octanol–water partition coefficient (Wildman–Crippen LogP) is 2.88. The van der Waals surface area contributed by atoms with Gasteiger partial charge in [0.1, 0.15) is 17.3 Å². The van der Waals surface area contributed by atoms with Gasteiger partial charge in [-0.1, -0.05) is 11.6 Å². The largest absolute Gasteiger partial charge is 0.353 e. The van der Waals surface area contributed by atoms with E-state index in [4.69, 9.17) is 11.6 Å². The first-order valence-electron chi connectivity index (χ1n) is 4.63. The summed E-state index contributed by atoms with van der Waals surface area (Å²) in [6.45, 7) is 3.25. The fourth-order valence-corrected chi connectivity index (χ4v) is 2.35. The van der Waals surface area contributed by atoms with Crippen molar-refractivity contribution in [1.82, 2.24) is 9.97 Å². The quantitative estimate of drug-likeness (QED) is 0.739. The van der Waals surface area contributed by atoms with E-state index in [9.17, 15) is 0 Å². The van der Waals surface area contributed by atoms with E-state index in [1.165, 1.54) is 19.2 Å². The second-order valence-electron chi connectivity index (χ2n) is 3.49. The van der Waals surface area contributed by atoms with E-state index >= 15 is 0 Å². The fourth-order valence-electron chi connectivity index (χ4n) is 1.79. The lowest BCUT2D eigenvalue weighted by molar-refractivity contribution is 0.724. The summed E-state index contributed by atoms with van der Waals surface area (Å²) in [6.07, 6.45) is 3.94. The molecule has 1 aromatic heterocycles. The molecule has 0 saturated carbocycles. The lowest BCUT2D eigenvalue weighted by Gasteiger charge is -2.23. The molecular weight excluding hydrogens is 265 g/mol. The highest BCUT2D eigenvalue weighted by Gasteiger charge is 2.24. The van der Waals surface area contributed by atoms with Crippen LogP contribution >= 0.6 is 27.5 Å². The SMILES string of the molecule is CC1CCCN1c1ncnc(Cl)c1Br. The minimum absolute atomic E-state index is 0.481. The minimum Gasteiger partial charge on any atom is -0.353 e. The molecule has 0 aliphatic carbocycles. The molecule has 0 bridgehead atoms. The first kappa shape index (κ1) is 10.2. The molecule has 2 heterocycles. The van der Waals surface area contributed by atoms with E-state index in [1.54, 1.807) is 0 Å². The van der Waals surface area contributed by atoms with Crippen LogP contribution in [0.4, 0.5) is 5.82 Å². The van der Waals surface area contributed by atoms with E-state index in [0.717, 1.165) is 16.8 Å². The van der Waals surface area contributed by atoms with Crippen LogP contribution < -0.4 is 4.90 Å². The molecule has 1 saturated heterocycles. The van der Waals surface area contributed by atoms with Crippen molar-refractivity contribution in [2.24, 2.45) is 0 Å². The molecule has 0 aromatic carbocycles. The summed E-state index contributed by atoms with van der Waals surface area (Å²) < 4.78 is 0.801. The van der Waals surface area contributed by atoms with Gasteiger partial charge in [-0.25, -0.2) is 9.97 Å². The topological polar surface area (TPSA) is 29.0 Å². The molecule has 1 unspecified atom stereocenters. The maximum atomic E-state index is 5.92. The van der Waals surface area contributed by atoms with Gasteiger partial charge in [-0.2, -0.15) is 0 Å². The number of anilines is 1. The summed E-state index contributed by atoms with van der Waals surface area (Å²) in [4.78, 5) is 10.4. The Kier molecular flexibility index (Phi) is 2.93. The van der Waals surface area contributed by atoms with Gasteiger partial charge in [0.25, 0.3) is 0 Å². The first-order valence-corrected chi connectivity index (χ1v) is 5.80. The lowest BCUT2D eigenvalue weighted by Crippen LogP contribution is -2.27. The predicted molar refractivity (Wildman–Crippen MR) is 60.8 cm³/mol. The molecular formula is C9H11BrClN3. The number of rotatable bonds is 1. The maximum Gasteiger partial charge on any atom is 0.148 e. The van der Waals surface area contributed by atoms with Crippen LogP contribution in [0.1, 0.15) is 19.8 Å². The highest BCUT2D eigenvalue weighted by atomic mass is 79.9. The van der Waals surface area contributed by atoms with Gasteiger partial charge in [0.2, 0.25) is 0 Å². The second kappa shape index (κ2) is 4.03. The molecule has 5 heteroatoms. The first-order chi connectivity index (χ1) is 6.70. The zero-order valence-electron chi connectivity index (χ0n) is 7.87. The third-order valence-corrected chi connectivity index (χ3v) is 3.80. The number of aromatic nitrogens is 2. The molecule has 1 aliphatic heterocycles. The van der Waals surface area contributed by atoms with Crippen molar-refractivity contribution >= 4 is 33.3 Å². The zero-order valence-corrected chi connectivity index (χ0v) is 10.2. The summed E-state index contributed by atoms with van der Waals surface area (Å²) in [6, 6.07) is 0.539. The van der Waals surface area contributed by atoms with Gasteiger partial charge < -0.3 is 4.90 Å². The number of hydrogen-bond acceptors (Lipinski definition) is 3. The Balaban J connectivity index is 2.36. The van der Waals surface area contributed by atoms with Gasteiger partial charge in [0.05, 0.1) is 4.47 Å². The Morgan fingerprint density at radius 2 is 2.36 bits per heavy atom. The molecule has 0 spiro atoms. The van der Waals surface area contributed by atoms with Crippen molar-refractivity contribution in [1.29, 1.82) is 0 Å². The van der Waals surface area contributed by atoms with Crippen molar-refractivity contribution in [2.75, 3.05) is 11.4 Å². The van der Waals surface area contributed by atoms with Crippen LogP contribution in [-0.4, -0.2) is 22.6 Å². The third kappa shape index (κ3) is 1.73. The smallest absolute Gasteiger partial charge is 0.148 e. The van der Waals surface area contributed by atoms with Gasteiger partial charge in [-0.3, -0.25) is 0 Å². The van der Waals surface area contributed by atoms with Crippen LogP contribution in [-0.2, 0) is 0 Å². The van der Waals surface area contributed by atoms with Crippen LogP contribution in [0.2, 0.25) is 5.15 Å². The van der Waals surface area contributed by atoms with E-state index < -0.39 is 0 Å². The molecule has 0 N–H and O–H groups in total. The Morgan fingerprint density at radius 1 is 1.57 bits per heavy atom. The second-order valence-corrected chi connectivity index (χ2v) is 4.64. The van der Waals surface area contributed by atoms with Gasteiger partial charge >= 0.3 is 0 Å². The zero-order chi connectivity index (χ0) is 10.1. The highest BCUT2D eigenvalue weighted by Crippen LogP contribution is 2.33. The van der Waals surface area contributed by atoms with Gasteiger partial charge in [-0.05, 0) is 35.7 Å². The van der Waals surface area contributed by atoms with Crippen LogP contribution in [0, 0.1) is 0 Å². The fraction of sp³-hybridized carbons (Fsp3) is 0.556. The molecule has 1 aliphatic rings. The minimum atomic E-state index is 0.481. The van der Waals surface area contributed by atoms with Crippen molar-refractivity contribution in [3.05, 3.63) is 16.0 Å². The maximum absolute atomic E-state index is 5.92. The van der Waals surface area contributed by atoms with E-state index in [0.29, 0.717) is 11.2 Å². The third-order valence-electron chi connectivity index (χ3n) is 2.55. The van der Waals surface area contributed by atoms with Gasteiger partial charge in [0.15, 0.2) is 0 Å². The van der Waals surface area contributed by atoms with Gasteiger partial charge in [-0.15, -0.1) is 0 Å². The Hall–Kier alpha value is -0.350. The van der Waals surface area contributed by atoms with Gasteiger partial charge in [0, 0.05) is 12.6 Å². The number of halogens is 2. The van der Waals surface area contributed by atoms with Crippen molar-refractivity contribution < 1.29 is 0 Å². The molecule has 2 rings (SSSR count). The highest BCUT2D eigenvalue weighted by molar-refractivity contribution is 9.10. The molecule has 1 aromatic rings. The molecule has 0 amide bonds. The summed E-state index contributed by atoms with van der Waals surface area (Å²) in [5.74, 6) is 0.912. The Bertz CT molecular complexity index is 345. The van der Waals surface area contributed by atoms with E-state index in [2.05, 4.69) is 37.7 Å². The average molecular weight is 277 g/mol. The van der Waals surface area contributed by atoms with Crippen molar-refractivity contribution in [2.45, 2.75) is 25.8 Å². The Morgan fingerprint density at radius 3 is 3.00 bits per heavy atom. The van der Waals surface area contributed by atoms with Crippen LogP contribution in [0.25, 0.3) is 0 Å². The van der Waals surface area contributed by atoms with Crippen LogP contribution in [0.15, 0.2) is 10.8 Å². The monoisotopic (exact) mass is 275 g/mol. The Labute approximate surface area is 96.6 Å². The summed E-state index contributed by atoms with van der Waals surface area (Å²) in [5, 5.41) is 0.481. The van der Waals surface area contributed by atoms with Crippen LogP contribution in [0.5, 0.6) is 0 Å². The van der Waals surface area contributed by atoms with Crippen molar-refractivity contribution in [3.63, 3.8) is 0 Å². The summed E-state index contributed by atoms with van der Waals surface area (Å²) >= 11 is 9.33. The number of hydrogen-bond donors (Lipinski definition) is 0. The molecule has 1 atom stereocenters. The summed E-state index contributed by atoms with van der Waals surface area (Å²) in [7, 11) is 0. The normalized spacial score (nSPS) is 21.6. The molecule has 76 valence electrons. The molecule has 14 heavy (non-hydrogen) atoms. The molecule has 3 nitrogen and oxygen atoms in total. The van der Waals surface area contributed by atoms with Crippen molar-refractivity contribution in [3.8, 4) is 0 Å². The molecule has 1 fully saturated rings. The summed E-state index contributed by atoms with van der Waals surface area (Å²) in [5.41, 5.74) is 0. The lowest BCUT2D eigenvalue weighted by atomic mass is 10.2. The number of nitrogens with zero attached hydrogens (tertiary/aromatic N) is 3. The van der Waals surface area contributed by atoms with Crippen LogP contribution in [0.3, 0.4) is 0 Å². The molecule has 0 radical (unpaired) electrons. The average Bonchev–Trinajstić information content (AvgIpc) is 2.57. The standard InChI is InChI=1S/C9H11BrClN3/c1-6-3-2-4-14(6)9-7(10)8(11)12-5-13-9/h5-6H,2-4H2,1H3. The van der Waals surface area contributed by atoms with E-state index in [-0.39, 0.29) is 0 Å². The van der Waals surface area contributed by atoms with E-state index in [1.807, 2.05) is 0 Å².